The maximum Gasteiger partial charge on any atom is 0.343 e. The molecule has 0 amide bonds. The van der Waals surface area contributed by atoms with Gasteiger partial charge in [-0.15, -0.1) is 0 Å². The van der Waals surface area contributed by atoms with Crippen LogP contribution in [-0.4, -0.2) is 17.9 Å². The second-order valence-corrected chi connectivity index (χ2v) is 5.97. The van der Waals surface area contributed by atoms with Gasteiger partial charge in [-0.05, 0) is 43.3 Å². The molecule has 0 radical (unpaired) electrons. The number of hydrogen-bond donors (Lipinski definition) is 1. The van der Waals surface area contributed by atoms with Gasteiger partial charge in [0.1, 0.15) is 28.6 Å². The Hall–Kier alpha value is -3.67. The van der Waals surface area contributed by atoms with Crippen LogP contribution in [0.2, 0.25) is 0 Å². The Morgan fingerprint density at radius 1 is 0.889 bits per heavy atom. The fourth-order valence-electron chi connectivity index (χ4n) is 2.69. The number of carbonyl (C=O) groups is 1. The van der Waals surface area contributed by atoms with Gasteiger partial charge < -0.3 is 24.1 Å². The van der Waals surface area contributed by atoms with Crippen LogP contribution in [0, 0.1) is 6.92 Å². The Bertz CT molecular complexity index is 994. The smallest absolute Gasteiger partial charge is 0.343 e. The van der Waals surface area contributed by atoms with Crippen molar-refractivity contribution in [3.05, 3.63) is 71.8 Å². The zero-order valence-corrected chi connectivity index (χ0v) is 14.5. The summed E-state index contributed by atoms with van der Waals surface area (Å²) in [5, 5.41) is 9.70. The number of ether oxygens (including phenoxy) is 4. The lowest BCUT2D eigenvalue weighted by Gasteiger charge is -2.14. The molecular weight excluding hydrogens is 348 g/mol. The first kappa shape index (κ1) is 16.8. The summed E-state index contributed by atoms with van der Waals surface area (Å²) in [6.45, 7) is 2.12. The lowest BCUT2D eigenvalue weighted by molar-refractivity contribution is 0.0691. The van der Waals surface area contributed by atoms with Gasteiger partial charge in [-0.3, -0.25) is 0 Å². The fraction of sp³-hybridized carbons (Fsp3) is 0.0952. The van der Waals surface area contributed by atoms with E-state index in [-0.39, 0.29) is 23.9 Å². The highest BCUT2D eigenvalue weighted by Gasteiger charge is 2.20. The van der Waals surface area contributed by atoms with E-state index in [9.17, 15) is 9.90 Å². The topological polar surface area (TPSA) is 74.2 Å². The van der Waals surface area contributed by atoms with Crippen LogP contribution in [0.3, 0.4) is 0 Å². The first-order valence-corrected chi connectivity index (χ1v) is 8.28. The predicted octanol–water partition coefficient (Wildman–Crippen LogP) is 5.01. The van der Waals surface area contributed by atoms with E-state index in [1.54, 1.807) is 48.5 Å². The van der Waals surface area contributed by atoms with Crippen LogP contribution in [0.25, 0.3) is 0 Å². The lowest BCUT2D eigenvalue weighted by Crippen LogP contribution is -2.03. The Balaban J connectivity index is 1.66. The number of fused-ring (bicyclic) bond motifs is 1. The molecule has 1 N–H and O–H groups in total. The molecule has 0 saturated heterocycles. The molecule has 6 nitrogen and oxygen atoms in total. The van der Waals surface area contributed by atoms with Crippen LogP contribution >= 0.6 is 0 Å². The fourth-order valence-corrected chi connectivity index (χ4v) is 2.69. The number of aryl methyl sites for hydroxylation is 1. The Labute approximate surface area is 155 Å². The molecule has 1 aliphatic rings. The van der Waals surface area contributed by atoms with E-state index < -0.39 is 5.97 Å². The molecule has 1 heterocycles. The molecule has 1 aliphatic heterocycles. The van der Waals surface area contributed by atoms with E-state index in [2.05, 4.69) is 0 Å². The van der Waals surface area contributed by atoms with Gasteiger partial charge in [-0.1, -0.05) is 23.8 Å². The van der Waals surface area contributed by atoms with Crippen LogP contribution < -0.4 is 18.9 Å². The minimum Gasteiger partial charge on any atom is -0.477 e. The van der Waals surface area contributed by atoms with Crippen molar-refractivity contribution in [1.29, 1.82) is 0 Å². The van der Waals surface area contributed by atoms with E-state index >= 15 is 0 Å². The van der Waals surface area contributed by atoms with Crippen LogP contribution in [0.15, 0.2) is 60.7 Å². The number of benzene rings is 3. The number of hydrogen-bond acceptors (Lipinski definition) is 5. The third kappa shape index (κ3) is 3.50. The summed E-state index contributed by atoms with van der Waals surface area (Å²) in [4.78, 5) is 11.9. The molecule has 0 aliphatic carbocycles. The summed E-state index contributed by atoms with van der Waals surface area (Å²) in [5.74, 6) is 1.38. The first-order chi connectivity index (χ1) is 13.1. The highest BCUT2D eigenvalue weighted by Crippen LogP contribution is 2.39. The lowest BCUT2D eigenvalue weighted by atomic mass is 10.1. The summed E-state index contributed by atoms with van der Waals surface area (Å²) >= 11 is 0. The summed E-state index contributed by atoms with van der Waals surface area (Å²) in [7, 11) is 0. The van der Waals surface area contributed by atoms with Gasteiger partial charge in [0.2, 0.25) is 6.79 Å². The molecule has 0 atom stereocenters. The highest BCUT2D eigenvalue weighted by molar-refractivity contribution is 5.94. The number of carboxylic acid groups (broad SMARTS) is 1. The molecule has 0 unspecified atom stereocenters. The minimum atomic E-state index is -1.14. The molecule has 3 aromatic carbocycles. The zero-order valence-electron chi connectivity index (χ0n) is 14.5. The van der Waals surface area contributed by atoms with Gasteiger partial charge in [-0.2, -0.15) is 0 Å². The number of rotatable bonds is 5. The van der Waals surface area contributed by atoms with Crippen LogP contribution in [0.5, 0.6) is 34.5 Å². The Kier molecular flexibility index (Phi) is 4.30. The van der Waals surface area contributed by atoms with Gasteiger partial charge >= 0.3 is 5.97 Å². The van der Waals surface area contributed by atoms with Crippen molar-refractivity contribution in [3.8, 4) is 34.5 Å². The third-order valence-corrected chi connectivity index (χ3v) is 4.02. The van der Waals surface area contributed by atoms with Crippen molar-refractivity contribution in [1.82, 2.24) is 0 Å². The van der Waals surface area contributed by atoms with Crippen molar-refractivity contribution < 1.29 is 28.8 Å². The third-order valence-electron chi connectivity index (χ3n) is 4.02. The molecule has 0 spiro atoms. The molecule has 27 heavy (non-hydrogen) atoms. The molecule has 0 fully saturated rings. The Morgan fingerprint density at radius 3 is 2.22 bits per heavy atom. The minimum absolute atomic E-state index is 0.0595. The largest absolute Gasteiger partial charge is 0.477 e. The number of carboxylic acids is 1. The van der Waals surface area contributed by atoms with Gasteiger partial charge in [-0.25, -0.2) is 4.79 Å². The Morgan fingerprint density at radius 2 is 1.52 bits per heavy atom. The quantitative estimate of drug-likeness (QED) is 0.686. The summed E-state index contributed by atoms with van der Waals surface area (Å²) < 4.78 is 22.2. The first-order valence-electron chi connectivity index (χ1n) is 8.28. The second-order valence-electron chi connectivity index (χ2n) is 5.97. The molecule has 136 valence electrons. The average molecular weight is 364 g/mol. The van der Waals surface area contributed by atoms with Crippen molar-refractivity contribution in [2.45, 2.75) is 6.92 Å². The van der Waals surface area contributed by atoms with Crippen LogP contribution in [0.1, 0.15) is 15.9 Å². The maximum absolute atomic E-state index is 11.9. The standard InChI is InChI=1S/C21H16O6/c1-13-5-7-14(8-6-13)26-17-3-2-4-18(20(17)21(22)23)27-15-9-10-16-19(11-15)25-12-24-16/h2-11H,12H2,1H3,(H,22,23). The van der Waals surface area contributed by atoms with Crippen LogP contribution in [-0.2, 0) is 0 Å². The zero-order chi connectivity index (χ0) is 18.8. The summed E-state index contributed by atoms with van der Waals surface area (Å²) in [6.07, 6.45) is 0. The van der Waals surface area contributed by atoms with Gasteiger partial charge in [0, 0.05) is 6.07 Å². The average Bonchev–Trinajstić information content (AvgIpc) is 3.11. The molecule has 4 rings (SSSR count). The molecule has 6 heteroatoms. The predicted molar refractivity (Wildman–Crippen MR) is 97.3 cm³/mol. The molecule has 3 aromatic rings. The normalized spacial score (nSPS) is 11.9. The van der Waals surface area contributed by atoms with Crippen molar-refractivity contribution in [2.24, 2.45) is 0 Å². The van der Waals surface area contributed by atoms with E-state index in [4.69, 9.17) is 18.9 Å². The summed E-state index contributed by atoms with van der Waals surface area (Å²) in [6, 6.07) is 17.3. The molecule has 0 bridgehead atoms. The van der Waals surface area contributed by atoms with Gasteiger partial charge in [0.15, 0.2) is 11.5 Å². The summed E-state index contributed by atoms with van der Waals surface area (Å²) in [5.41, 5.74) is 1.02. The highest BCUT2D eigenvalue weighted by atomic mass is 16.7. The van der Waals surface area contributed by atoms with Crippen LogP contribution in [0.4, 0.5) is 0 Å². The maximum atomic E-state index is 11.9. The van der Waals surface area contributed by atoms with Gasteiger partial charge in [0.25, 0.3) is 0 Å². The van der Waals surface area contributed by atoms with Crippen molar-refractivity contribution in [2.75, 3.05) is 6.79 Å². The van der Waals surface area contributed by atoms with E-state index in [1.165, 1.54) is 0 Å². The van der Waals surface area contributed by atoms with Crippen molar-refractivity contribution >= 4 is 5.97 Å². The molecule has 0 aromatic heterocycles. The second kappa shape index (κ2) is 6.92. The molecular formula is C21H16O6. The monoisotopic (exact) mass is 364 g/mol. The van der Waals surface area contributed by atoms with Crippen molar-refractivity contribution in [3.63, 3.8) is 0 Å². The van der Waals surface area contributed by atoms with E-state index in [0.29, 0.717) is 23.0 Å². The van der Waals surface area contributed by atoms with E-state index in [0.717, 1.165) is 5.56 Å². The van der Waals surface area contributed by atoms with E-state index in [1.807, 2.05) is 19.1 Å². The van der Waals surface area contributed by atoms with Gasteiger partial charge in [0.05, 0.1) is 0 Å². The molecule has 0 saturated carbocycles. The SMILES string of the molecule is Cc1ccc(Oc2cccc(Oc3ccc4c(c3)OCO4)c2C(=O)O)cc1. The number of aromatic carboxylic acids is 1.